The van der Waals surface area contributed by atoms with Gasteiger partial charge < -0.3 is 24.3 Å². The van der Waals surface area contributed by atoms with Crippen LogP contribution in [0, 0.1) is 10.1 Å². The molecule has 3 rings (SSSR count). The molecule has 0 radical (unpaired) electrons. The summed E-state index contributed by atoms with van der Waals surface area (Å²) in [6.45, 7) is 0.863. The number of hydrogen-bond donors (Lipinski definition) is 1. The van der Waals surface area contributed by atoms with Gasteiger partial charge in [-0.1, -0.05) is 0 Å². The molecule has 0 fully saturated rings. The highest BCUT2D eigenvalue weighted by Crippen LogP contribution is 2.36. The molecule has 1 amide bonds. The number of fused-ring (bicyclic) bond motifs is 1. The number of nitrogens with zero attached hydrogens (tertiary/aromatic N) is 1. The lowest BCUT2D eigenvalue weighted by Crippen LogP contribution is -2.17. The maximum absolute atomic E-state index is 12.6. The Hall–Kier alpha value is -3.49. The topological polar surface area (TPSA) is 109 Å². The number of carbonyl (C=O) groups is 1. The Morgan fingerprint density at radius 2 is 1.73 bits per heavy atom. The number of ether oxygens (including phenoxy) is 4. The number of benzene rings is 2. The van der Waals surface area contributed by atoms with E-state index in [9.17, 15) is 14.9 Å². The van der Waals surface area contributed by atoms with Crippen LogP contribution in [0.1, 0.15) is 10.4 Å². The van der Waals surface area contributed by atoms with Gasteiger partial charge in [-0.15, -0.1) is 0 Å². The molecule has 2 aromatic carbocycles. The maximum Gasteiger partial charge on any atom is 0.286 e. The average molecular weight is 360 g/mol. The summed E-state index contributed by atoms with van der Waals surface area (Å²) in [4.78, 5) is 23.3. The molecule has 0 saturated carbocycles. The second-order valence-corrected chi connectivity index (χ2v) is 5.29. The third kappa shape index (κ3) is 3.32. The summed E-state index contributed by atoms with van der Waals surface area (Å²) in [5, 5.41) is 13.9. The van der Waals surface area contributed by atoms with E-state index < -0.39 is 16.5 Å². The van der Waals surface area contributed by atoms with Crippen LogP contribution in [0.4, 0.5) is 11.4 Å². The van der Waals surface area contributed by atoms with Crippen LogP contribution < -0.4 is 24.3 Å². The number of amides is 1. The summed E-state index contributed by atoms with van der Waals surface area (Å²) >= 11 is 0. The van der Waals surface area contributed by atoms with Crippen molar-refractivity contribution in [1.82, 2.24) is 0 Å². The largest absolute Gasteiger partial charge is 0.493 e. The molecule has 1 aliphatic rings. The normalized spacial score (nSPS) is 12.2. The third-order valence-corrected chi connectivity index (χ3v) is 3.74. The molecule has 1 aliphatic heterocycles. The molecule has 0 aliphatic carbocycles. The molecular formula is C17H16N2O7. The highest BCUT2D eigenvalue weighted by molar-refractivity contribution is 6.07. The zero-order chi connectivity index (χ0) is 18.7. The van der Waals surface area contributed by atoms with Crippen molar-refractivity contribution in [3.8, 4) is 23.0 Å². The second kappa shape index (κ2) is 7.18. The summed E-state index contributed by atoms with van der Waals surface area (Å²) in [5.74, 6) is 0.789. The van der Waals surface area contributed by atoms with Crippen LogP contribution in [0.25, 0.3) is 0 Å². The SMILES string of the molecule is COc1cc(C(=O)Nc2ccc3c(c2)OCCO3)c([N+](=O)[O-])cc1OC. The van der Waals surface area contributed by atoms with Gasteiger partial charge in [-0.3, -0.25) is 14.9 Å². The van der Waals surface area contributed by atoms with Gasteiger partial charge in [0.25, 0.3) is 11.6 Å². The van der Waals surface area contributed by atoms with Crippen molar-refractivity contribution < 1.29 is 28.7 Å². The second-order valence-electron chi connectivity index (χ2n) is 5.29. The summed E-state index contributed by atoms with van der Waals surface area (Å²) in [5.41, 5.74) is -0.122. The molecule has 26 heavy (non-hydrogen) atoms. The molecule has 1 N–H and O–H groups in total. The summed E-state index contributed by atoms with van der Waals surface area (Å²) in [7, 11) is 2.74. The first-order chi connectivity index (χ1) is 12.5. The number of nitro groups is 1. The number of nitrogens with one attached hydrogen (secondary N) is 1. The quantitative estimate of drug-likeness (QED) is 0.645. The fourth-order valence-electron chi connectivity index (χ4n) is 2.52. The predicted octanol–water partition coefficient (Wildman–Crippen LogP) is 2.64. The molecule has 2 aromatic rings. The smallest absolute Gasteiger partial charge is 0.286 e. The van der Waals surface area contributed by atoms with Crippen LogP contribution in [0.2, 0.25) is 0 Å². The summed E-state index contributed by atoms with van der Waals surface area (Å²) < 4.78 is 21.0. The predicted molar refractivity (Wildman–Crippen MR) is 91.6 cm³/mol. The van der Waals surface area contributed by atoms with E-state index in [2.05, 4.69) is 5.32 Å². The Morgan fingerprint density at radius 1 is 1.08 bits per heavy atom. The van der Waals surface area contributed by atoms with Crippen molar-refractivity contribution >= 4 is 17.3 Å². The molecule has 0 bridgehead atoms. The number of carbonyl (C=O) groups excluding carboxylic acids is 1. The minimum absolute atomic E-state index is 0.150. The van der Waals surface area contributed by atoms with Crippen LogP contribution in [0.3, 0.4) is 0 Å². The van der Waals surface area contributed by atoms with E-state index in [4.69, 9.17) is 18.9 Å². The molecule has 0 atom stereocenters. The molecule has 136 valence electrons. The lowest BCUT2D eigenvalue weighted by Gasteiger charge is -2.19. The molecule has 0 aromatic heterocycles. The Balaban J connectivity index is 1.93. The standard InChI is InChI=1S/C17H16N2O7/c1-23-14-8-11(12(19(21)22)9-15(14)24-2)17(20)18-10-3-4-13-16(7-10)26-6-5-25-13/h3-4,7-9H,5-6H2,1-2H3,(H,18,20). The number of rotatable bonds is 5. The molecule has 0 unspecified atom stereocenters. The van der Waals surface area contributed by atoms with E-state index in [1.54, 1.807) is 18.2 Å². The van der Waals surface area contributed by atoms with E-state index in [-0.39, 0.29) is 17.1 Å². The van der Waals surface area contributed by atoms with E-state index in [0.717, 1.165) is 6.07 Å². The number of methoxy groups -OCH3 is 2. The fourth-order valence-corrected chi connectivity index (χ4v) is 2.52. The van der Waals surface area contributed by atoms with Gasteiger partial charge in [0.1, 0.15) is 18.8 Å². The van der Waals surface area contributed by atoms with E-state index in [1.807, 2.05) is 0 Å². The van der Waals surface area contributed by atoms with Gasteiger partial charge in [-0.05, 0) is 12.1 Å². The average Bonchev–Trinajstić information content (AvgIpc) is 2.66. The molecule has 0 saturated heterocycles. The van der Waals surface area contributed by atoms with Gasteiger partial charge in [0, 0.05) is 17.8 Å². The molecule has 0 spiro atoms. The Labute approximate surface area is 148 Å². The van der Waals surface area contributed by atoms with E-state index in [0.29, 0.717) is 30.4 Å². The van der Waals surface area contributed by atoms with Gasteiger partial charge in [0.05, 0.1) is 25.2 Å². The molecule has 9 heteroatoms. The van der Waals surface area contributed by atoms with E-state index in [1.165, 1.54) is 20.3 Å². The minimum Gasteiger partial charge on any atom is -0.493 e. The lowest BCUT2D eigenvalue weighted by atomic mass is 10.1. The number of nitro benzene ring substituents is 1. The number of anilines is 1. The molecule has 9 nitrogen and oxygen atoms in total. The van der Waals surface area contributed by atoms with Crippen molar-refractivity contribution in [3.63, 3.8) is 0 Å². The Morgan fingerprint density at radius 3 is 2.38 bits per heavy atom. The lowest BCUT2D eigenvalue weighted by molar-refractivity contribution is -0.385. The minimum atomic E-state index is -0.658. The van der Waals surface area contributed by atoms with Crippen LogP contribution in [-0.4, -0.2) is 38.3 Å². The van der Waals surface area contributed by atoms with Crippen molar-refractivity contribution in [2.75, 3.05) is 32.8 Å². The van der Waals surface area contributed by atoms with Crippen LogP contribution in [0.5, 0.6) is 23.0 Å². The van der Waals surface area contributed by atoms with Gasteiger partial charge in [0.15, 0.2) is 23.0 Å². The van der Waals surface area contributed by atoms with Gasteiger partial charge >= 0.3 is 0 Å². The summed E-state index contributed by atoms with van der Waals surface area (Å²) in [6, 6.07) is 7.30. The van der Waals surface area contributed by atoms with Crippen LogP contribution in [-0.2, 0) is 0 Å². The molecule has 1 heterocycles. The van der Waals surface area contributed by atoms with Crippen molar-refractivity contribution in [1.29, 1.82) is 0 Å². The highest BCUT2D eigenvalue weighted by atomic mass is 16.6. The first kappa shape index (κ1) is 17.3. The maximum atomic E-state index is 12.6. The van der Waals surface area contributed by atoms with Crippen LogP contribution in [0.15, 0.2) is 30.3 Å². The van der Waals surface area contributed by atoms with Crippen molar-refractivity contribution in [2.24, 2.45) is 0 Å². The molecular weight excluding hydrogens is 344 g/mol. The first-order valence-electron chi connectivity index (χ1n) is 7.65. The van der Waals surface area contributed by atoms with Crippen molar-refractivity contribution in [2.45, 2.75) is 0 Å². The van der Waals surface area contributed by atoms with Crippen molar-refractivity contribution in [3.05, 3.63) is 46.0 Å². The monoisotopic (exact) mass is 360 g/mol. The Kier molecular flexibility index (Phi) is 4.78. The van der Waals surface area contributed by atoms with Gasteiger partial charge in [-0.2, -0.15) is 0 Å². The first-order valence-corrected chi connectivity index (χ1v) is 7.65. The number of hydrogen-bond acceptors (Lipinski definition) is 7. The van der Waals surface area contributed by atoms with Gasteiger partial charge in [0.2, 0.25) is 0 Å². The summed E-state index contributed by atoms with van der Waals surface area (Å²) in [6.07, 6.45) is 0. The zero-order valence-corrected chi connectivity index (χ0v) is 14.1. The van der Waals surface area contributed by atoms with Crippen LogP contribution >= 0.6 is 0 Å². The highest BCUT2D eigenvalue weighted by Gasteiger charge is 2.25. The zero-order valence-electron chi connectivity index (χ0n) is 14.1. The Bertz CT molecular complexity index is 866. The third-order valence-electron chi connectivity index (χ3n) is 3.74. The van der Waals surface area contributed by atoms with E-state index >= 15 is 0 Å². The van der Waals surface area contributed by atoms with Gasteiger partial charge in [-0.25, -0.2) is 0 Å². The fraction of sp³-hybridized carbons (Fsp3) is 0.235.